The summed E-state index contributed by atoms with van der Waals surface area (Å²) in [6, 6.07) is 5.40. The predicted octanol–water partition coefficient (Wildman–Crippen LogP) is 0.507. The number of hydrazone groups is 1. The first kappa shape index (κ1) is 23.3. The molecule has 1 aromatic rings. The molecule has 0 radical (unpaired) electrons. The highest BCUT2D eigenvalue weighted by Gasteiger charge is 2.52. The summed E-state index contributed by atoms with van der Waals surface area (Å²) in [6.07, 6.45) is -0.165. The molecule has 1 atom stereocenters. The van der Waals surface area contributed by atoms with E-state index in [-0.39, 0.29) is 16.2 Å². The van der Waals surface area contributed by atoms with Crippen LogP contribution in [0.15, 0.2) is 34.3 Å². The zero-order chi connectivity index (χ0) is 23.1. The predicted molar refractivity (Wildman–Crippen MR) is 105 cm³/mol. The Morgan fingerprint density at radius 1 is 1.27 bits per heavy atom. The normalized spacial score (nSPS) is 19.5. The highest BCUT2D eigenvalue weighted by molar-refractivity contribution is 7.90. The van der Waals surface area contributed by atoms with Crippen molar-refractivity contribution in [2.24, 2.45) is 10.8 Å². The fourth-order valence-electron chi connectivity index (χ4n) is 2.64. The smallest absolute Gasteiger partial charge is 0.425 e. The average Bonchev–Trinajstić information content (AvgIpc) is 2.84. The molecule has 2 rings (SSSR count). The quantitative estimate of drug-likeness (QED) is 0.498. The summed E-state index contributed by atoms with van der Waals surface area (Å²) in [5, 5.41) is 15.2. The Bertz CT molecular complexity index is 1010. The molecule has 0 spiro atoms. The van der Waals surface area contributed by atoms with Crippen LogP contribution in [0.25, 0.3) is 0 Å². The SMILES string of the molecule is CC1(OC(=O)N(O)C(C)(C)C)C(=O)N(CC(N)=O)N=C1c1ccc(S(C)(=O)=O)cc1. The number of carbonyl (C=O) groups excluding carboxylic acids is 3. The van der Waals surface area contributed by atoms with Gasteiger partial charge in [0.25, 0.3) is 5.91 Å². The number of ether oxygens (including phenoxy) is 1. The Balaban J connectivity index is 2.50. The number of sulfone groups is 1. The van der Waals surface area contributed by atoms with E-state index in [1.807, 2.05) is 0 Å². The van der Waals surface area contributed by atoms with Crippen molar-refractivity contribution in [2.75, 3.05) is 12.8 Å². The number of nitrogens with two attached hydrogens (primary N) is 1. The van der Waals surface area contributed by atoms with E-state index < -0.39 is 45.4 Å². The van der Waals surface area contributed by atoms with E-state index in [2.05, 4.69) is 5.10 Å². The molecule has 1 heterocycles. The van der Waals surface area contributed by atoms with Crippen LogP contribution in [0.1, 0.15) is 33.3 Å². The van der Waals surface area contributed by atoms with E-state index in [0.29, 0.717) is 5.06 Å². The fraction of sp³-hybridized carbons (Fsp3) is 0.444. The van der Waals surface area contributed by atoms with Gasteiger partial charge in [-0.3, -0.25) is 14.8 Å². The first-order valence-electron chi connectivity index (χ1n) is 8.79. The molecular weight excluding hydrogens is 416 g/mol. The van der Waals surface area contributed by atoms with Gasteiger partial charge in [0.15, 0.2) is 9.84 Å². The molecule has 1 unspecified atom stereocenters. The Kier molecular flexibility index (Phi) is 5.97. The van der Waals surface area contributed by atoms with Gasteiger partial charge in [-0.05, 0) is 39.8 Å². The minimum absolute atomic E-state index is 0.0399. The maximum absolute atomic E-state index is 12.9. The molecule has 30 heavy (non-hydrogen) atoms. The Labute approximate surface area is 174 Å². The third-order valence-corrected chi connectivity index (χ3v) is 5.40. The second-order valence-corrected chi connectivity index (χ2v) is 9.97. The molecule has 0 aromatic heterocycles. The van der Waals surface area contributed by atoms with Gasteiger partial charge in [0, 0.05) is 11.8 Å². The van der Waals surface area contributed by atoms with Crippen molar-refractivity contribution >= 4 is 33.5 Å². The van der Waals surface area contributed by atoms with E-state index in [1.165, 1.54) is 31.2 Å². The number of amides is 3. The number of primary amides is 1. The molecule has 0 saturated carbocycles. The summed E-state index contributed by atoms with van der Waals surface area (Å²) in [6.45, 7) is 5.34. The lowest BCUT2D eigenvalue weighted by Gasteiger charge is -2.32. The maximum atomic E-state index is 12.9. The molecule has 0 saturated heterocycles. The van der Waals surface area contributed by atoms with E-state index >= 15 is 0 Å². The van der Waals surface area contributed by atoms with E-state index in [0.717, 1.165) is 11.3 Å². The molecular formula is C18H24N4O7S. The average molecular weight is 440 g/mol. The molecule has 1 aliphatic heterocycles. The second kappa shape index (κ2) is 7.69. The van der Waals surface area contributed by atoms with Gasteiger partial charge in [-0.1, -0.05) is 12.1 Å². The lowest BCUT2D eigenvalue weighted by molar-refractivity contribution is -0.156. The third-order valence-electron chi connectivity index (χ3n) is 4.28. The summed E-state index contributed by atoms with van der Waals surface area (Å²) >= 11 is 0. The first-order valence-corrected chi connectivity index (χ1v) is 10.7. The number of benzene rings is 1. The third kappa shape index (κ3) is 4.60. The molecule has 0 bridgehead atoms. The van der Waals surface area contributed by atoms with Crippen molar-refractivity contribution in [3.05, 3.63) is 29.8 Å². The van der Waals surface area contributed by atoms with Gasteiger partial charge in [0.1, 0.15) is 12.3 Å². The van der Waals surface area contributed by atoms with Crippen LogP contribution in [0.5, 0.6) is 0 Å². The lowest BCUT2D eigenvalue weighted by atomic mass is 9.93. The van der Waals surface area contributed by atoms with Crippen molar-refractivity contribution in [3.8, 4) is 0 Å². The minimum Gasteiger partial charge on any atom is -0.425 e. The topological polar surface area (TPSA) is 160 Å². The van der Waals surface area contributed by atoms with Crippen LogP contribution >= 0.6 is 0 Å². The standard InChI is InChI=1S/C18H24N4O7S/c1-17(2,3)22(26)16(25)29-18(4)14(20-21(15(18)24)10-13(19)23)11-6-8-12(9-7-11)30(5,27)28/h6-9,26H,10H2,1-5H3,(H2,19,23). The van der Waals surface area contributed by atoms with Crippen molar-refractivity contribution < 1.29 is 32.7 Å². The first-order chi connectivity index (χ1) is 13.6. The number of hydroxylamine groups is 2. The molecule has 12 heteroatoms. The maximum Gasteiger partial charge on any atom is 0.435 e. The van der Waals surface area contributed by atoms with Crippen molar-refractivity contribution in [2.45, 2.75) is 43.7 Å². The summed E-state index contributed by atoms with van der Waals surface area (Å²) in [5.74, 6) is -1.69. The molecule has 3 amide bonds. The van der Waals surface area contributed by atoms with Gasteiger partial charge in [-0.2, -0.15) is 10.2 Å². The molecule has 11 nitrogen and oxygen atoms in total. The zero-order valence-electron chi connectivity index (χ0n) is 17.2. The van der Waals surface area contributed by atoms with Gasteiger partial charge >= 0.3 is 6.09 Å². The second-order valence-electron chi connectivity index (χ2n) is 7.96. The van der Waals surface area contributed by atoms with Gasteiger partial charge < -0.3 is 10.5 Å². The van der Waals surface area contributed by atoms with E-state index in [4.69, 9.17) is 10.5 Å². The van der Waals surface area contributed by atoms with Crippen LogP contribution in [-0.4, -0.2) is 71.3 Å². The zero-order valence-corrected chi connectivity index (χ0v) is 18.1. The van der Waals surface area contributed by atoms with Crippen molar-refractivity contribution in [1.82, 2.24) is 10.1 Å². The number of hydrogen-bond acceptors (Lipinski definition) is 8. The Morgan fingerprint density at radius 3 is 2.23 bits per heavy atom. The van der Waals surface area contributed by atoms with Gasteiger partial charge in [-0.15, -0.1) is 0 Å². The Morgan fingerprint density at radius 2 is 1.80 bits per heavy atom. The number of hydrogen-bond donors (Lipinski definition) is 2. The van der Waals surface area contributed by atoms with E-state index in [9.17, 15) is 28.0 Å². The van der Waals surface area contributed by atoms with Crippen LogP contribution in [0.3, 0.4) is 0 Å². The van der Waals surface area contributed by atoms with Gasteiger partial charge in [0.05, 0.1) is 10.4 Å². The van der Waals surface area contributed by atoms with Gasteiger partial charge in [0.2, 0.25) is 11.5 Å². The van der Waals surface area contributed by atoms with Crippen LogP contribution in [0.2, 0.25) is 0 Å². The van der Waals surface area contributed by atoms with Crippen LogP contribution < -0.4 is 5.73 Å². The van der Waals surface area contributed by atoms with Crippen LogP contribution in [0.4, 0.5) is 4.79 Å². The van der Waals surface area contributed by atoms with Crippen molar-refractivity contribution in [1.29, 1.82) is 0 Å². The van der Waals surface area contributed by atoms with Crippen LogP contribution in [-0.2, 0) is 24.2 Å². The molecule has 164 valence electrons. The molecule has 1 aromatic carbocycles. The van der Waals surface area contributed by atoms with Crippen molar-refractivity contribution in [3.63, 3.8) is 0 Å². The highest BCUT2D eigenvalue weighted by atomic mass is 32.2. The summed E-state index contributed by atoms with van der Waals surface area (Å²) in [7, 11) is -3.46. The fourth-order valence-corrected chi connectivity index (χ4v) is 3.27. The summed E-state index contributed by atoms with van der Waals surface area (Å²) in [5.41, 5.74) is 2.37. The summed E-state index contributed by atoms with van der Waals surface area (Å²) < 4.78 is 28.7. The Hall–Kier alpha value is -2.99. The monoisotopic (exact) mass is 440 g/mol. The number of nitrogens with zero attached hydrogens (tertiary/aromatic N) is 3. The van der Waals surface area contributed by atoms with Crippen LogP contribution in [0, 0.1) is 0 Å². The highest BCUT2D eigenvalue weighted by Crippen LogP contribution is 2.30. The van der Waals surface area contributed by atoms with Gasteiger partial charge in [-0.25, -0.2) is 18.2 Å². The molecule has 3 N–H and O–H groups in total. The lowest BCUT2D eigenvalue weighted by Crippen LogP contribution is -2.53. The molecule has 0 fully saturated rings. The largest absolute Gasteiger partial charge is 0.435 e. The number of rotatable bonds is 5. The molecule has 1 aliphatic rings. The minimum atomic E-state index is -3.46. The van der Waals surface area contributed by atoms with E-state index in [1.54, 1.807) is 20.8 Å². The summed E-state index contributed by atoms with van der Waals surface area (Å²) in [4.78, 5) is 36.7. The molecule has 0 aliphatic carbocycles. The number of carbonyl (C=O) groups is 3.